The topological polar surface area (TPSA) is 79.9 Å². The van der Waals surface area contributed by atoms with E-state index in [0.717, 1.165) is 5.56 Å². The molecule has 24 heavy (non-hydrogen) atoms. The number of amides is 1. The first-order chi connectivity index (χ1) is 11.2. The molecule has 8 heteroatoms. The molecule has 1 atom stereocenters. The Morgan fingerprint density at radius 3 is 2.75 bits per heavy atom. The highest BCUT2D eigenvalue weighted by Gasteiger charge is 2.22. The van der Waals surface area contributed by atoms with Gasteiger partial charge >= 0.3 is 0 Å². The van der Waals surface area contributed by atoms with Crippen molar-refractivity contribution in [3.8, 4) is 17.1 Å². The standard InChI is InChI=1S/C16H21ClN4O2S/c1-9(14(22)19-16(2,3)4)24-15-18-13(20-21-15)11-8-10(17)6-7-12(11)23-5/h6-9H,1-5H3,(H,19,22)(H,18,20,21)/t9-/m1/s1. The Morgan fingerprint density at radius 2 is 2.12 bits per heavy atom. The third kappa shape index (κ3) is 4.88. The zero-order chi connectivity index (χ0) is 17.9. The first-order valence-electron chi connectivity index (χ1n) is 7.44. The number of methoxy groups -OCH3 is 1. The predicted octanol–water partition coefficient (Wildman–Crippen LogP) is 3.53. The second-order valence-electron chi connectivity index (χ2n) is 6.31. The van der Waals surface area contributed by atoms with Crippen molar-refractivity contribution >= 4 is 29.3 Å². The third-order valence-electron chi connectivity index (χ3n) is 3.03. The van der Waals surface area contributed by atoms with Gasteiger partial charge in [0.25, 0.3) is 0 Å². The maximum absolute atomic E-state index is 12.1. The molecule has 2 N–H and O–H groups in total. The van der Waals surface area contributed by atoms with Crippen molar-refractivity contribution in [3.05, 3.63) is 23.2 Å². The average molecular weight is 369 g/mol. The first kappa shape index (κ1) is 18.6. The van der Waals surface area contributed by atoms with Crippen LogP contribution < -0.4 is 10.1 Å². The minimum Gasteiger partial charge on any atom is -0.496 e. The smallest absolute Gasteiger partial charge is 0.233 e. The normalized spacial score (nSPS) is 12.8. The number of aromatic nitrogens is 3. The van der Waals surface area contributed by atoms with Crippen LogP contribution >= 0.6 is 23.4 Å². The minimum atomic E-state index is -0.311. The van der Waals surface area contributed by atoms with Crippen molar-refractivity contribution < 1.29 is 9.53 Å². The molecule has 0 fully saturated rings. The highest BCUT2D eigenvalue weighted by Crippen LogP contribution is 2.31. The lowest BCUT2D eigenvalue weighted by atomic mass is 10.1. The molecule has 130 valence electrons. The van der Waals surface area contributed by atoms with Gasteiger partial charge in [-0.3, -0.25) is 9.89 Å². The zero-order valence-corrected chi connectivity index (χ0v) is 15.9. The van der Waals surface area contributed by atoms with Crippen LogP contribution in [0.5, 0.6) is 5.75 Å². The Kier molecular flexibility index (Phi) is 5.77. The molecule has 0 aliphatic heterocycles. The lowest BCUT2D eigenvalue weighted by molar-refractivity contribution is -0.121. The summed E-state index contributed by atoms with van der Waals surface area (Å²) < 4.78 is 5.32. The van der Waals surface area contributed by atoms with E-state index in [-0.39, 0.29) is 16.7 Å². The van der Waals surface area contributed by atoms with Crippen molar-refractivity contribution in [3.63, 3.8) is 0 Å². The summed E-state index contributed by atoms with van der Waals surface area (Å²) in [6, 6.07) is 5.27. The van der Waals surface area contributed by atoms with Crippen LogP contribution in [0, 0.1) is 0 Å². The van der Waals surface area contributed by atoms with Crippen LogP contribution in [-0.4, -0.2) is 39.0 Å². The van der Waals surface area contributed by atoms with E-state index in [4.69, 9.17) is 16.3 Å². The second-order valence-corrected chi connectivity index (χ2v) is 8.05. The number of hydrogen-bond acceptors (Lipinski definition) is 5. The fraction of sp³-hybridized carbons (Fsp3) is 0.438. The second kappa shape index (κ2) is 7.44. The summed E-state index contributed by atoms with van der Waals surface area (Å²) in [5.74, 6) is 1.13. The first-order valence-corrected chi connectivity index (χ1v) is 8.70. The summed E-state index contributed by atoms with van der Waals surface area (Å²) in [6.07, 6.45) is 0. The van der Waals surface area contributed by atoms with Crippen molar-refractivity contribution in [2.24, 2.45) is 0 Å². The molecule has 1 aromatic carbocycles. The van der Waals surface area contributed by atoms with E-state index < -0.39 is 0 Å². The Morgan fingerprint density at radius 1 is 1.42 bits per heavy atom. The number of ether oxygens (including phenoxy) is 1. The number of carbonyl (C=O) groups is 1. The van der Waals surface area contributed by atoms with Gasteiger partial charge in [-0.25, -0.2) is 4.98 Å². The third-order valence-corrected chi connectivity index (χ3v) is 4.23. The molecule has 0 aliphatic rings. The van der Waals surface area contributed by atoms with Gasteiger partial charge in [-0.15, -0.1) is 5.10 Å². The van der Waals surface area contributed by atoms with Gasteiger partial charge in [-0.1, -0.05) is 23.4 Å². The van der Waals surface area contributed by atoms with E-state index in [0.29, 0.717) is 21.8 Å². The van der Waals surface area contributed by atoms with E-state index in [9.17, 15) is 4.79 Å². The summed E-state index contributed by atoms with van der Waals surface area (Å²) in [4.78, 5) is 16.6. The molecule has 1 heterocycles. The Labute approximate surface area is 150 Å². The molecule has 0 bridgehead atoms. The number of rotatable bonds is 5. The molecular formula is C16H21ClN4O2S. The largest absolute Gasteiger partial charge is 0.496 e. The summed E-state index contributed by atoms with van der Waals surface area (Å²) in [7, 11) is 1.58. The number of hydrogen-bond donors (Lipinski definition) is 2. The molecule has 0 saturated carbocycles. The maximum atomic E-state index is 12.1. The number of benzene rings is 1. The molecule has 0 saturated heterocycles. The number of nitrogens with zero attached hydrogens (tertiary/aromatic N) is 2. The summed E-state index contributed by atoms with van der Waals surface area (Å²) in [6.45, 7) is 7.65. The minimum absolute atomic E-state index is 0.0563. The molecule has 0 unspecified atom stereocenters. The zero-order valence-electron chi connectivity index (χ0n) is 14.3. The van der Waals surface area contributed by atoms with Crippen molar-refractivity contribution in [1.29, 1.82) is 0 Å². The lowest BCUT2D eigenvalue weighted by Gasteiger charge is -2.22. The van der Waals surface area contributed by atoms with Crippen LogP contribution in [0.15, 0.2) is 23.4 Å². The van der Waals surface area contributed by atoms with Crippen LogP contribution in [0.4, 0.5) is 0 Å². The Balaban J connectivity index is 2.14. The molecule has 2 rings (SSSR count). The van der Waals surface area contributed by atoms with Gasteiger partial charge in [0.1, 0.15) is 5.75 Å². The SMILES string of the molecule is COc1ccc(Cl)cc1-c1nc(S[C@H](C)C(=O)NC(C)(C)C)n[nH]1. The number of halogens is 1. The van der Waals surface area contributed by atoms with Crippen molar-refractivity contribution in [2.45, 2.75) is 43.6 Å². The van der Waals surface area contributed by atoms with Crippen LogP contribution in [0.3, 0.4) is 0 Å². The number of nitrogens with one attached hydrogen (secondary N) is 2. The quantitative estimate of drug-likeness (QED) is 0.789. The summed E-state index contributed by atoms with van der Waals surface area (Å²) in [5.41, 5.74) is 0.445. The fourth-order valence-electron chi connectivity index (χ4n) is 1.97. The van der Waals surface area contributed by atoms with Crippen molar-refractivity contribution in [1.82, 2.24) is 20.5 Å². The average Bonchev–Trinajstić information content (AvgIpc) is 2.93. The van der Waals surface area contributed by atoms with E-state index in [1.807, 2.05) is 27.7 Å². The van der Waals surface area contributed by atoms with Gasteiger partial charge in [-0.2, -0.15) is 0 Å². The molecule has 0 spiro atoms. The molecule has 0 aliphatic carbocycles. The molecule has 0 radical (unpaired) electrons. The fourth-order valence-corrected chi connectivity index (χ4v) is 2.86. The van der Waals surface area contributed by atoms with Crippen LogP contribution in [0.2, 0.25) is 5.02 Å². The van der Waals surface area contributed by atoms with Gasteiger partial charge in [0.05, 0.1) is 17.9 Å². The van der Waals surface area contributed by atoms with E-state index in [1.54, 1.807) is 25.3 Å². The van der Waals surface area contributed by atoms with Gasteiger partial charge in [0.2, 0.25) is 11.1 Å². The highest BCUT2D eigenvalue weighted by molar-refractivity contribution is 8.00. The Hall–Kier alpha value is -1.73. The summed E-state index contributed by atoms with van der Waals surface area (Å²) >= 11 is 7.33. The number of thioether (sulfide) groups is 1. The highest BCUT2D eigenvalue weighted by atomic mass is 35.5. The lowest BCUT2D eigenvalue weighted by Crippen LogP contribution is -2.44. The van der Waals surface area contributed by atoms with Gasteiger partial charge in [0, 0.05) is 10.6 Å². The number of aromatic amines is 1. The van der Waals surface area contributed by atoms with E-state index in [2.05, 4.69) is 20.5 Å². The summed E-state index contributed by atoms with van der Waals surface area (Å²) in [5, 5.41) is 10.7. The molecule has 6 nitrogen and oxygen atoms in total. The molecule has 2 aromatic rings. The van der Waals surface area contributed by atoms with E-state index in [1.165, 1.54) is 11.8 Å². The van der Waals surface area contributed by atoms with E-state index >= 15 is 0 Å². The monoisotopic (exact) mass is 368 g/mol. The molecular weight excluding hydrogens is 348 g/mol. The van der Waals surface area contributed by atoms with Crippen molar-refractivity contribution in [2.75, 3.05) is 7.11 Å². The number of H-pyrrole nitrogens is 1. The van der Waals surface area contributed by atoms with Gasteiger partial charge in [0.15, 0.2) is 5.82 Å². The van der Waals surface area contributed by atoms with Crippen LogP contribution in [0.1, 0.15) is 27.7 Å². The van der Waals surface area contributed by atoms with Crippen LogP contribution in [-0.2, 0) is 4.79 Å². The number of carbonyl (C=O) groups excluding carboxylic acids is 1. The Bertz CT molecular complexity index is 727. The molecule has 1 aromatic heterocycles. The molecule has 1 amide bonds. The van der Waals surface area contributed by atoms with Crippen LogP contribution in [0.25, 0.3) is 11.4 Å². The predicted molar refractivity (Wildman–Crippen MR) is 96.6 cm³/mol. The maximum Gasteiger partial charge on any atom is 0.233 e. The van der Waals surface area contributed by atoms with Gasteiger partial charge < -0.3 is 10.1 Å². The van der Waals surface area contributed by atoms with Gasteiger partial charge in [-0.05, 0) is 45.9 Å².